The molecule has 0 saturated carbocycles. The van der Waals surface area contributed by atoms with E-state index in [9.17, 15) is 31.1 Å². The number of amides is 1. The number of hydrogen-bond donors (Lipinski definition) is 1. The standard InChI is InChI=1S/C24H17F6N3O2.CH4/c1-13(32-23(34)24(28,29)30)22(14-2-8-19(26)20(27)11-14)35-18-7-9-21-15(10-18)12-31-33(21)17-5-3-16(25)4-6-17;/h2-13,22H,1H3,(H,32,34);1H4/t13-,22-;/m0./s1. The Labute approximate surface area is 202 Å². The second kappa shape index (κ2) is 10.3. The number of aromatic nitrogens is 2. The molecule has 36 heavy (non-hydrogen) atoms. The van der Waals surface area contributed by atoms with Crippen LogP contribution in [0.5, 0.6) is 5.75 Å². The van der Waals surface area contributed by atoms with Crippen LogP contribution in [0.4, 0.5) is 26.3 Å². The summed E-state index contributed by atoms with van der Waals surface area (Å²) in [6, 6.07) is 11.8. The quantitative estimate of drug-likeness (QED) is 0.312. The Kier molecular flexibility index (Phi) is 7.61. The van der Waals surface area contributed by atoms with Gasteiger partial charge in [0.2, 0.25) is 0 Å². The maximum absolute atomic E-state index is 13.9. The minimum atomic E-state index is -5.14. The van der Waals surface area contributed by atoms with Gasteiger partial charge in [0, 0.05) is 5.39 Å². The van der Waals surface area contributed by atoms with Crippen molar-refractivity contribution in [3.63, 3.8) is 0 Å². The molecule has 1 amide bonds. The average Bonchev–Trinajstić information content (AvgIpc) is 3.22. The molecule has 1 N–H and O–H groups in total. The molecular formula is C25H21F6N3O2. The number of alkyl halides is 3. The van der Waals surface area contributed by atoms with Crippen LogP contribution in [0.2, 0.25) is 0 Å². The second-order valence-electron chi connectivity index (χ2n) is 7.73. The normalized spacial score (nSPS) is 13.1. The molecule has 4 aromatic rings. The first kappa shape index (κ1) is 26.6. The molecule has 0 fully saturated rings. The number of nitrogens with one attached hydrogen (secondary N) is 1. The molecule has 0 aliphatic heterocycles. The van der Waals surface area contributed by atoms with Crippen LogP contribution >= 0.6 is 0 Å². The van der Waals surface area contributed by atoms with Crippen LogP contribution in [-0.2, 0) is 4.79 Å². The van der Waals surface area contributed by atoms with E-state index in [1.807, 2.05) is 0 Å². The lowest BCUT2D eigenvalue weighted by Crippen LogP contribution is -2.45. The number of carbonyl (C=O) groups is 1. The molecule has 4 rings (SSSR count). The highest BCUT2D eigenvalue weighted by atomic mass is 19.4. The number of nitrogens with zero attached hydrogens (tertiary/aromatic N) is 2. The first-order chi connectivity index (χ1) is 16.5. The molecule has 0 unspecified atom stereocenters. The lowest BCUT2D eigenvalue weighted by atomic mass is 10.0. The van der Waals surface area contributed by atoms with Gasteiger partial charge in [-0.05, 0) is 67.1 Å². The smallest absolute Gasteiger partial charge is 0.471 e. The molecule has 0 saturated heterocycles. The largest absolute Gasteiger partial charge is 0.484 e. The molecular weight excluding hydrogens is 488 g/mol. The van der Waals surface area contributed by atoms with E-state index in [1.165, 1.54) is 43.5 Å². The molecule has 5 nitrogen and oxygen atoms in total. The van der Waals surface area contributed by atoms with Crippen molar-refractivity contribution in [3.8, 4) is 11.4 Å². The van der Waals surface area contributed by atoms with Gasteiger partial charge in [-0.25, -0.2) is 17.9 Å². The van der Waals surface area contributed by atoms with Crippen LogP contribution in [-0.4, -0.2) is 27.9 Å². The number of fused-ring (bicyclic) bond motifs is 1. The predicted octanol–water partition coefficient (Wildman–Crippen LogP) is 6.27. The van der Waals surface area contributed by atoms with Gasteiger partial charge in [0.1, 0.15) is 17.7 Å². The van der Waals surface area contributed by atoms with Gasteiger partial charge in [-0.1, -0.05) is 13.5 Å². The van der Waals surface area contributed by atoms with E-state index >= 15 is 0 Å². The van der Waals surface area contributed by atoms with E-state index in [4.69, 9.17) is 4.74 Å². The van der Waals surface area contributed by atoms with E-state index in [0.29, 0.717) is 16.6 Å². The van der Waals surface area contributed by atoms with Crippen LogP contribution in [0.15, 0.2) is 66.9 Å². The van der Waals surface area contributed by atoms with Crippen LogP contribution in [0.25, 0.3) is 16.6 Å². The van der Waals surface area contributed by atoms with E-state index in [2.05, 4.69) is 5.10 Å². The average molecular weight is 509 g/mol. The molecule has 0 spiro atoms. The molecule has 11 heteroatoms. The second-order valence-corrected chi connectivity index (χ2v) is 7.73. The van der Waals surface area contributed by atoms with Crippen LogP contribution in [0.1, 0.15) is 26.0 Å². The Bertz CT molecular complexity index is 1370. The molecule has 0 aliphatic carbocycles. The maximum Gasteiger partial charge on any atom is 0.471 e. The fourth-order valence-electron chi connectivity index (χ4n) is 3.53. The number of halogens is 6. The van der Waals surface area contributed by atoms with Gasteiger partial charge < -0.3 is 10.1 Å². The van der Waals surface area contributed by atoms with Crippen molar-refractivity contribution in [1.29, 1.82) is 0 Å². The van der Waals surface area contributed by atoms with E-state index in [-0.39, 0.29) is 18.7 Å². The molecule has 1 heterocycles. The van der Waals surface area contributed by atoms with Crippen LogP contribution in [0.3, 0.4) is 0 Å². The summed E-state index contributed by atoms with van der Waals surface area (Å²) < 4.78 is 86.2. The van der Waals surface area contributed by atoms with Gasteiger partial charge in [0.05, 0.1) is 23.4 Å². The van der Waals surface area contributed by atoms with Crippen molar-refractivity contribution >= 4 is 16.8 Å². The van der Waals surface area contributed by atoms with E-state index in [1.54, 1.807) is 22.1 Å². The minimum absolute atomic E-state index is 0. The molecule has 2 atom stereocenters. The summed E-state index contributed by atoms with van der Waals surface area (Å²) in [7, 11) is 0. The topological polar surface area (TPSA) is 56.1 Å². The monoisotopic (exact) mass is 509 g/mol. The molecule has 190 valence electrons. The summed E-state index contributed by atoms with van der Waals surface area (Å²) in [5, 5.41) is 6.64. The number of ether oxygens (including phenoxy) is 1. The highest BCUT2D eigenvalue weighted by Gasteiger charge is 2.40. The fraction of sp³-hybridized carbons (Fsp3) is 0.200. The summed E-state index contributed by atoms with van der Waals surface area (Å²) in [6.07, 6.45) is -4.92. The van der Waals surface area contributed by atoms with Gasteiger partial charge in [-0.3, -0.25) is 4.79 Å². The van der Waals surface area contributed by atoms with Crippen molar-refractivity contribution < 1.29 is 35.9 Å². The highest BCUT2D eigenvalue weighted by molar-refractivity contribution is 5.82. The van der Waals surface area contributed by atoms with Gasteiger partial charge in [-0.15, -0.1) is 0 Å². The van der Waals surface area contributed by atoms with Crippen molar-refractivity contribution in [2.24, 2.45) is 0 Å². The lowest BCUT2D eigenvalue weighted by molar-refractivity contribution is -0.174. The first-order valence-corrected chi connectivity index (χ1v) is 10.3. The Morgan fingerprint density at radius 3 is 2.31 bits per heavy atom. The Morgan fingerprint density at radius 2 is 1.67 bits per heavy atom. The summed E-state index contributed by atoms with van der Waals surface area (Å²) in [5.74, 6) is -4.79. The molecule has 1 aromatic heterocycles. The number of benzene rings is 3. The third-order valence-electron chi connectivity index (χ3n) is 5.22. The molecule has 0 aliphatic rings. The Morgan fingerprint density at radius 1 is 0.972 bits per heavy atom. The summed E-state index contributed by atoms with van der Waals surface area (Å²) in [4.78, 5) is 11.5. The predicted molar refractivity (Wildman–Crippen MR) is 121 cm³/mol. The van der Waals surface area contributed by atoms with Gasteiger partial charge in [0.25, 0.3) is 0 Å². The van der Waals surface area contributed by atoms with E-state index < -0.39 is 41.7 Å². The highest BCUT2D eigenvalue weighted by Crippen LogP contribution is 2.30. The zero-order valence-electron chi connectivity index (χ0n) is 18.0. The number of rotatable bonds is 6. The van der Waals surface area contributed by atoms with Crippen LogP contribution < -0.4 is 10.1 Å². The zero-order chi connectivity index (χ0) is 25.3. The van der Waals surface area contributed by atoms with Crippen molar-refractivity contribution in [2.75, 3.05) is 0 Å². The Hall–Kier alpha value is -4.02. The lowest BCUT2D eigenvalue weighted by Gasteiger charge is -2.27. The minimum Gasteiger partial charge on any atom is -0.484 e. The van der Waals surface area contributed by atoms with Crippen LogP contribution in [0, 0.1) is 17.5 Å². The van der Waals surface area contributed by atoms with Gasteiger partial charge in [-0.2, -0.15) is 18.3 Å². The third-order valence-corrected chi connectivity index (χ3v) is 5.22. The maximum atomic E-state index is 13.9. The molecule has 0 radical (unpaired) electrons. The summed E-state index contributed by atoms with van der Waals surface area (Å²) >= 11 is 0. The molecule has 3 aromatic carbocycles. The van der Waals surface area contributed by atoms with Gasteiger partial charge >= 0.3 is 12.1 Å². The van der Waals surface area contributed by atoms with Crippen molar-refractivity contribution in [3.05, 3.63) is 89.9 Å². The zero-order valence-corrected chi connectivity index (χ0v) is 18.0. The first-order valence-electron chi connectivity index (χ1n) is 10.3. The fourth-order valence-corrected chi connectivity index (χ4v) is 3.53. The SMILES string of the molecule is C.C[C@H](NC(=O)C(F)(F)F)[C@H](Oc1ccc2c(cnn2-c2ccc(F)cc2)c1)c1ccc(F)c(F)c1. The third kappa shape index (κ3) is 5.61. The van der Waals surface area contributed by atoms with Gasteiger partial charge in [0.15, 0.2) is 11.6 Å². The summed E-state index contributed by atoms with van der Waals surface area (Å²) in [5.41, 5.74) is 1.24. The number of hydrogen-bond acceptors (Lipinski definition) is 3. The summed E-state index contributed by atoms with van der Waals surface area (Å²) in [6.45, 7) is 1.25. The number of carbonyl (C=O) groups excluding carboxylic acids is 1. The van der Waals surface area contributed by atoms with Crippen molar-refractivity contribution in [2.45, 2.75) is 32.7 Å². The Balaban J connectivity index is 0.00000361. The molecule has 0 bridgehead atoms. The van der Waals surface area contributed by atoms with Crippen molar-refractivity contribution in [1.82, 2.24) is 15.1 Å². The van der Waals surface area contributed by atoms with E-state index in [0.717, 1.165) is 18.2 Å².